The number of carboxylic acid groups (broad SMARTS) is 1. The second-order valence-electron chi connectivity index (χ2n) is 4.82. The predicted octanol–water partition coefficient (Wildman–Crippen LogP) is 3.05. The van der Waals surface area contributed by atoms with Gasteiger partial charge in [0.1, 0.15) is 0 Å². The van der Waals surface area contributed by atoms with Crippen LogP contribution in [-0.2, 0) is 9.53 Å². The number of carbonyl (C=O) groups is 1. The van der Waals surface area contributed by atoms with Crippen LogP contribution in [0, 0.1) is 0 Å². The molecule has 5 heteroatoms. The lowest BCUT2D eigenvalue weighted by molar-refractivity contribution is -0.131. The smallest absolute Gasteiger partial charge is 0.328 e. The highest BCUT2D eigenvalue weighted by Crippen LogP contribution is 2.27. The van der Waals surface area contributed by atoms with Gasteiger partial charge < -0.3 is 14.7 Å². The Labute approximate surface area is 123 Å². The summed E-state index contributed by atoms with van der Waals surface area (Å²) >= 11 is 6.20. The van der Waals surface area contributed by atoms with E-state index in [9.17, 15) is 4.79 Å². The lowest BCUT2D eigenvalue weighted by atomic mass is 10.1. The molecule has 1 heterocycles. The highest BCUT2D eigenvalue weighted by Gasteiger charge is 2.19. The minimum atomic E-state index is -0.982. The number of nitrogens with zero attached hydrogens (tertiary/aromatic N) is 1. The van der Waals surface area contributed by atoms with Gasteiger partial charge in [-0.2, -0.15) is 0 Å². The van der Waals surface area contributed by atoms with Crippen molar-refractivity contribution in [1.29, 1.82) is 0 Å². The topological polar surface area (TPSA) is 49.8 Å². The van der Waals surface area contributed by atoms with Gasteiger partial charge >= 0.3 is 5.97 Å². The molecular formula is C15H18ClNO3. The molecule has 1 N–H and O–H groups in total. The highest BCUT2D eigenvalue weighted by molar-refractivity contribution is 6.32. The lowest BCUT2D eigenvalue weighted by Gasteiger charge is -2.33. The Morgan fingerprint density at radius 3 is 3.00 bits per heavy atom. The molecule has 1 aromatic carbocycles. The zero-order valence-corrected chi connectivity index (χ0v) is 12.1. The summed E-state index contributed by atoms with van der Waals surface area (Å²) < 4.78 is 5.41. The largest absolute Gasteiger partial charge is 0.478 e. The number of ether oxygens (including phenoxy) is 1. The number of aliphatic carboxylic acids is 1. The van der Waals surface area contributed by atoms with Crippen LogP contribution in [0.1, 0.15) is 18.4 Å². The molecule has 4 nitrogen and oxygen atoms in total. The van der Waals surface area contributed by atoms with Gasteiger partial charge in [-0.25, -0.2) is 4.79 Å². The van der Waals surface area contributed by atoms with Crippen LogP contribution in [0.15, 0.2) is 24.3 Å². The predicted molar refractivity (Wildman–Crippen MR) is 80.4 cm³/mol. The molecule has 1 aliphatic heterocycles. The second kappa shape index (κ2) is 6.77. The molecule has 0 bridgehead atoms. The molecule has 1 aromatic rings. The fourth-order valence-electron chi connectivity index (χ4n) is 2.37. The molecular weight excluding hydrogens is 278 g/mol. The van der Waals surface area contributed by atoms with E-state index in [2.05, 4.69) is 4.90 Å². The summed E-state index contributed by atoms with van der Waals surface area (Å²) in [4.78, 5) is 12.8. The minimum Gasteiger partial charge on any atom is -0.478 e. The Balaban J connectivity index is 2.14. The van der Waals surface area contributed by atoms with Crippen LogP contribution >= 0.6 is 11.6 Å². The Morgan fingerprint density at radius 2 is 2.35 bits per heavy atom. The maximum Gasteiger partial charge on any atom is 0.328 e. The number of rotatable bonds is 4. The first kappa shape index (κ1) is 14.9. The minimum absolute atomic E-state index is 0.258. The van der Waals surface area contributed by atoms with Gasteiger partial charge in [0.15, 0.2) is 0 Å². The van der Waals surface area contributed by atoms with E-state index in [1.54, 1.807) is 7.11 Å². The quantitative estimate of drug-likeness (QED) is 0.868. The fourth-order valence-corrected chi connectivity index (χ4v) is 2.61. The van der Waals surface area contributed by atoms with E-state index < -0.39 is 5.97 Å². The molecule has 0 amide bonds. The van der Waals surface area contributed by atoms with E-state index in [0.29, 0.717) is 10.6 Å². The van der Waals surface area contributed by atoms with Crippen LogP contribution in [0.25, 0.3) is 6.08 Å². The normalized spacial score (nSPS) is 19.5. The number of piperidine rings is 1. The van der Waals surface area contributed by atoms with Crippen LogP contribution in [0.2, 0.25) is 5.02 Å². The van der Waals surface area contributed by atoms with Crippen LogP contribution in [0.3, 0.4) is 0 Å². The standard InChI is InChI=1S/C15H18ClNO3/c1-20-13-3-2-8-17(10-13)12-6-4-11(14(16)9-12)5-7-15(18)19/h4-7,9,13H,2-3,8,10H2,1H3,(H,18,19)/b7-5+. The summed E-state index contributed by atoms with van der Waals surface area (Å²) in [5.41, 5.74) is 1.75. The van der Waals surface area contributed by atoms with Crippen molar-refractivity contribution in [3.05, 3.63) is 34.9 Å². The second-order valence-corrected chi connectivity index (χ2v) is 5.23. The molecule has 2 rings (SSSR count). The van der Waals surface area contributed by atoms with Crippen molar-refractivity contribution in [2.75, 3.05) is 25.1 Å². The van der Waals surface area contributed by atoms with Crippen LogP contribution in [-0.4, -0.2) is 37.4 Å². The SMILES string of the molecule is COC1CCCN(c2ccc(/C=C/C(=O)O)c(Cl)c2)C1. The Morgan fingerprint density at radius 1 is 1.55 bits per heavy atom. The molecule has 1 atom stereocenters. The summed E-state index contributed by atoms with van der Waals surface area (Å²) in [5.74, 6) is -0.982. The summed E-state index contributed by atoms with van der Waals surface area (Å²) in [6.07, 6.45) is 5.02. The fraction of sp³-hybridized carbons (Fsp3) is 0.400. The van der Waals surface area contributed by atoms with E-state index in [1.807, 2.05) is 18.2 Å². The third-order valence-corrected chi connectivity index (χ3v) is 3.79. The van der Waals surface area contributed by atoms with Gasteiger partial charge in [-0.1, -0.05) is 17.7 Å². The van der Waals surface area contributed by atoms with Crippen molar-refractivity contribution in [3.63, 3.8) is 0 Å². The molecule has 20 heavy (non-hydrogen) atoms. The first-order valence-electron chi connectivity index (χ1n) is 6.58. The molecule has 0 aliphatic carbocycles. The van der Waals surface area contributed by atoms with Crippen molar-refractivity contribution in [1.82, 2.24) is 0 Å². The number of carboxylic acids is 1. The lowest BCUT2D eigenvalue weighted by Crippen LogP contribution is -2.39. The average Bonchev–Trinajstić information content (AvgIpc) is 2.46. The average molecular weight is 296 g/mol. The summed E-state index contributed by atoms with van der Waals surface area (Å²) in [5, 5.41) is 9.18. The molecule has 0 radical (unpaired) electrons. The van der Waals surface area contributed by atoms with E-state index >= 15 is 0 Å². The summed E-state index contributed by atoms with van der Waals surface area (Å²) in [6, 6.07) is 5.68. The third-order valence-electron chi connectivity index (χ3n) is 3.47. The molecule has 1 aliphatic rings. The van der Waals surface area contributed by atoms with E-state index in [-0.39, 0.29) is 6.10 Å². The molecule has 108 valence electrons. The monoisotopic (exact) mass is 295 g/mol. The number of methoxy groups -OCH3 is 1. The first-order valence-corrected chi connectivity index (χ1v) is 6.96. The summed E-state index contributed by atoms with van der Waals surface area (Å²) in [7, 11) is 1.74. The summed E-state index contributed by atoms with van der Waals surface area (Å²) in [6.45, 7) is 1.84. The molecule has 0 aromatic heterocycles. The molecule has 1 fully saturated rings. The van der Waals surface area contributed by atoms with Crippen LogP contribution in [0.5, 0.6) is 0 Å². The maximum absolute atomic E-state index is 10.5. The number of halogens is 1. The third kappa shape index (κ3) is 3.74. The number of benzene rings is 1. The molecule has 0 spiro atoms. The number of anilines is 1. The van der Waals surface area contributed by atoms with Crippen molar-refractivity contribution < 1.29 is 14.6 Å². The van der Waals surface area contributed by atoms with Gasteiger partial charge in [0.25, 0.3) is 0 Å². The van der Waals surface area contributed by atoms with Crippen LogP contribution in [0.4, 0.5) is 5.69 Å². The van der Waals surface area contributed by atoms with Crippen molar-refractivity contribution in [3.8, 4) is 0 Å². The number of hydrogen-bond donors (Lipinski definition) is 1. The Kier molecular flexibility index (Phi) is 5.04. The van der Waals surface area contributed by atoms with E-state index in [1.165, 1.54) is 6.08 Å². The van der Waals surface area contributed by atoms with E-state index in [4.69, 9.17) is 21.4 Å². The molecule has 0 saturated carbocycles. The number of hydrogen-bond acceptors (Lipinski definition) is 3. The van der Waals surface area contributed by atoms with E-state index in [0.717, 1.165) is 37.7 Å². The van der Waals surface area contributed by atoms with Gasteiger partial charge in [0.2, 0.25) is 0 Å². The zero-order valence-electron chi connectivity index (χ0n) is 11.4. The van der Waals surface area contributed by atoms with Gasteiger partial charge in [-0.3, -0.25) is 0 Å². The molecule has 1 unspecified atom stereocenters. The van der Waals surface area contributed by atoms with Crippen molar-refractivity contribution in [2.24, 2.45) is 0 Å². The maximum atomic E-state index is 10.5. The highest BCUT2D eigenvalue weighted by atomic mass is 35.5. The van der Waals surface area contributed by atoms with Gasteiger partial charge in [0.05, 0.1) is 6.10 Å². The van der Waals surface area contributed by atoms with Gasteiger partial charge in [-0.15, -0.1) is 0 Å². The van der Waals surface area contributed by atoms with Crippen LogP contribution < -0.4 is 4.90 Å². The van der Waals surface area contributed by atoms with Gasteiger partial charge in [-0.05, 0) is 36.6 Å². The van der Waals surface area contributed by atoms with Crippen molar-refractivity contribution >= 4 is 29.3 Å². The Bertz CT molecular complexity index is 516. The van der Waals surface area contributed by atoms with Crippen molar-refractivity contribution in [2.45, 2.75) is 18.9 Å². The van der Waals surface area contributed by atoms with Gasteiger partial charge in [0, 0.05) is 37.0 Å². The molecule has 1 saturated heterocycles. The first-order chi connectivity index (χ1) is 9.60. The zero-order chi connectivity index (χ0) is 14.5. The Hall–Kier alpha value is -1.52.